The Morgan fingerprint density at radius 3 is 2.63 bits per heavy atom. The SMILES string of the molecule is CN.Cc1c(NC(=O)COc2cccnc2)cccc1-c1ccc(C=O)c2[nH]c(C3=CCN(S(C)(=O)=O)CC3)cc12. The van der Waals surface area contributed by atoms with E-state index >= 15 is 0 Å². The lowest BCUT2D eigenvalue weighted by Gasteiger charge is -2.23. The molecule has 5 rings (SSSR count). The molecule has 0 atom stereocenters. The number of hydrogen-bond donors (Lipinski definition) is 3. The highest BCUT2D eigenvalue weighted by Crippen LogP contribution is 2.37. The molecule has 1 aliphatic heterocycles. The van der Waals surface area contributed by atoms with Gasteiger partial charge in [0.25, 0.3) is 5.91 Å². The Bertz CT molecular complexity index is 1700. The van der Waals surface area contributed by atoms with Gasteiger partial charge < -0.3 is 20.8 Å². The quantitative estimate of drug-likeness (QED) is 0.269. The van der Waals surface area contributed by atoms with Crippen molar-refractivity contribution in [1.29, 1.82) is 0 Å². The summed E-state index contributed by atoms with van der Waals surface area (Å²) in [4.78, 5) is 31.8. The third-order valence-corrected chi connectivity index (χ3v) is 8.11. The molecule has 10 nitrogen and oxygen atoms in total. The smallest absolute Gasteiger partial charge is 0.262 e. The van der Waals surface area contributed by atoms with Crippen molar-refractivity contribution in [2.24, 2.45) is 5.73 Å². The van der Waals surface area contributed by atoms with Crippen molar-refractivity contribution in [3.8, 4) is 16.9 Å². The summed E-state index contributed by atoms with van der Waals surface area (Å²) in [6.45, 7) is 2.49. The van der Waals surface area contributed by atoms with Crippen molar-refractivity contribution in [3.05, 3.63) is 83.8 Å². The van der Waals surface area contributed by atoms with Crippen LogP contribution >= 0.6 is 0 Å². The van der Waals surface area contributed by atoms with Crippen LogP contribution in [0, 0.1) is 6.92 Å². The largest absolute Gasteiger partial charge is 0.482 e. The van der Waals surface area contributed by atoms with Gasteiger partial charge in [0.05, 0.1) is 18.0 Å². The molecule has 214 valence electrons. The normalized spacial score (nSPS) is 13.6. The first kappa shape index (κ1) is 29.7. The number of aldehydes is 1. The second-order valence-electron chi connectivity index (χ2n) is 9.40. The van der Waals surface area contributed by atoms with Gasteiger partial charge >= 0.3 is 0 Å². The molecule has 2 aromatic heterocycles. The number of H-pyrrole nitrogens is 1. The minimum Gasteiger partial charge on any atom is -0.482 e. The number of benzene rings is 2. The minimum absolute atomic E-state index is 0.152. The zero-order valence-corrected chi connectivity index (χ0v) is 24.0. The maximum absolute atomic E-state index is 12.6. The molecular formula is C30H33N5O5S. The summed E-state index contributed by atoms with van der Waals surface area (Å²) in [6, 6.07) is 14.8. The number of fused-ring (bicyclic) bond motifs is 1. The van der Waals surface area contributed by atoms with Crippen LogP contribution in [0.5, 0.6) is 5.75 Å². The molecule has 0 aliphatic carbocycles. The number of hydrogen-bond acceptors (Lipinski definition) is 7. The maximum Gasteiger partial charge on any atom is 0.262 e. The van der Waals surface area contributed by atoms with E-state index in [4.69, 9.17) is 4.74 Å². The second-order valence-corrected chi connectivity index (χ2v) is 11.4. The lowest BCUT2D eigenvalue weighted by Crippen LogP contribution is -2.33. The number of amides is 1. The van der Waals surface area contributed by atoms with Crippen LogP contribution in [0.15, 0.2) is 67.0 Å². The number of carbonyl (C=O) groups is 2. The predicted molar refractivity (Wildman–Crippen MR) is 161 cm³/mol. The zero-order valence-electron chi connectivity index (χ0n) is 23.2. The highest BCUT2D eigenvalue weighted by molar-refractivity contribution is 7.88. The first-order chi connectivity index (χ1) is 19.7. The third-order valence-electron chi connectivity index (χ3n) is 6.84. The van der Waals surface area contributed by atoms with E-state index in [0.29, 0.717) is 42.0 Å². The Hall–Kier alpha value is -4.32. The van der Waals surface area contributed by atoms with E-state index in [2.05, 4.69) is 21.0 Å². The molecule has 0 bridgehead atoms. The maximum atomic E-state index is 12.6. The summed E-state index contributed by atoms with van der Waals surface area (Å²) in [7, 11) is -1.75. The average Bonchev–Trinajstić information content (AvgIpc) is 3.44. The number of pyridine rings is 1. The zero-order chi connectivity index (χ0) is 29.6. The number of aromatic nitrogens is 2. The van der Waals surface area contributed by atoms with Gasteiger partial charge in [-0.15, -0.1) is 0 Å². The fourth-order valence-electron chi connectivity index (χ4n) is 4.77. The van der Waals surface area contributed by atoms with E-state index in [9.17, 15) is 18.0 Å². The molecule has 0 saturated carbocycles. The number of aromatic amines is 1. The van der Waals surface area contributed by atoms with Gasteiger partial charge in [0.1, 0.15) is 5.75 Å². The number of nitrogens with one attached hydrogen (secondary N) is 2. The van der Waals surface area contributed by atoms with E-state index in [1.54, 1.807) is 30.6 Å². The monoisotopic (exact) mass is 575 g/mol. The lowest BCUT2D eigenvalue weighted by atomic mass is 9.94. The Morgan fingerprint density at radius 2 is 1.98 bits per heavy atom. The molecule has 41 heavy (non-hydrogen) atoms. The highest BCUT2D eigenvalue weighted by Gasteiger charge is 2.22. The van der Waals surface area contributed by atoms with E-state index in [-0.39, 0.29) is 12.5 Å². The summed E-state index contributed by atoms with van der Waals surface area (Å²) >= 11 is 0. The van der Waals surface area contributed by atoms with Crippen molar-refractivity contribution in [3.63, 3.8) is 0 Å². The average molecular weight is 576 g/mol. The Balaban J connectivity index is 0.00000189. The van der Waals surface area contributed by atoms with Crippen LogP contribution in [0.2, 0.25) is 0 Å². The van der Waals surface area contributed by atoms with Crippen molar-refractivity contribution < 1.29 is 22.7 Å². The number of anilines is 1. The lowest BCUT2D eigenvalue weighted by molar-refractivity contribution is -0.118. The Morgan fingerprint density at radius 1 is 1.17 bits per heavy atom. The van der Waals surface area contributed by atoms with E-state index in [0.717, 1.165) is 39.6 Å². The van der Waals surface area contributed by atoms with Crippen molar-refractivity contribution in [2.45, 2.75) is 13.3 Å². The van der Waals surface area contributed by atoms with Crippen LogP contribution < -0.4 is 15.8 Å². The molecule has 2 aromatic carbocycles. The van der Waals surface area contributed by atoms with Gasteiger partial charge in [-0.3, -0.25) is 14.6 Å². The van der Waals surface area contributed by atoms with Crippen LogP contribution in [0.3, 0.4) is 0 Å². The van der Waals surface area contributed by atoms with Crippen molar-refractivity contribution in [1.82, 2.24) is 14.3 Å². The highest BCUT2D eigenvalue weighted by atomic mass is 32.2. The van der Waals surface area contributed by atoms with Gasteiger partial charge in [-0.1, -0.05) is 24.3 Å². The molecule has 3 heterocycles. The van der Waals surface area contributed by atoms with Crippen LogP contribution in [0.1, 0.15) is 28.0 Å². The summed E-state index contributed by atoms with van der Waals surface area (Å²) in [5, 5.41) is 3.79. The van der Waals surface area contributed by atoms with Crippen LogP contribution in [0.4, 0.5) is 5.69 Å². The van der Waals surface area contributed by atoms with Crippen LogP contribution in [-0.2, 0) is 14.8 Å². The number of nitrogens with two attached hydrogens (primary N) is 1. The fraction of sp³-hybridized carbons (Fsp3) is 0.233. The molecule has 0 radical (unpaired) electrons. The second kappa shape index (κ2) is 12.9. The molecular weight excluding hydrogens is 542 g/mol. The predicted octanol–water partition coefficient (Wildman–Crippen LogP) is 3.99. The van der Waals surface area contributed by atoms with Gasteiger partial charge in [-0.2, -0.15) is 4.31 Å². The fourth-order valence-corrected chi connectivity index (χ4v) is 5.54. The van der Waals surface area contributed by atoms with Gasteiger partial charge in [-0.25, -0.2) is 8.42 Å². The third kappa shape index (κ3) is 6.71. The number of rotatable bonds is 8. The molecule has 1 aliphatic rings. The number of sulfonamides is 1. The molecule has 0 spiro atoms. The molecule has 4 aromatic rings. The summed E-state index contributed by atoms with van der Waals surface area (Å²) in [5.41, 5.74) is 10.9. The van der Waals surface area contributed by atoms with Crippen molar-refractivity contribution >= 4 is 44.4 Å². The molecule has 0 unspecified atom stereocenters. The van der Waals surface area contributed by atoms with Gasteiger partial charge in [0.2, 0.25) is 10.0 Å². The topological polar surface area (TPSA) is 147 Å². The Kier molecular flexibility index (Phi) is 9.33. The number of nitrogens with zero attached hydrogens (tertiary/aromatic N) is 2. The van der Waals surface area contributed by atoms with Crippen LogP contribution in [-0.4, -0.2) is 67.9 Å². The first-order valence-electron chi connectivity index (χ1n) is 13.0. The summed E-state index contributed by atoms with van der Waals surface area (Å²) in [5.74, 6) is 0.216. The summed E-state index contributed by atoms with van der Waals surface area (Å²) in [6.07, 6.45) is 7.68. The van der Waals surface area contributed by atoms with Crippen LogP contribution in [0.25, 0.3) is 27.6 Å². The van der Waals surface area contributed by atoms with E-state index in [1.807, 2.05) is 43.3 Å². The minimum atomic E-state index is -3.25. The molecule has 4 N–H and O–H groups in total. The molecule has 11 heteroatoms. The van der Waals surface area contributed by atoms with Gasteiger partial charge in [-0.05, 0) is 73.0 Å². The number of ether oxygens (including phenoxy) is 1. The van der Waals surface area contributed by atoms with E-state index < -0.39 is 10.0 Å². The molecule has 0 fully saturated rings. The Labute approximate surface area is 239 Å². The first-order valence-corrected chi connectivity index (χ1v) is 14.9. The van der Waals surface area contributed by atoms with Crippen molar-refractivity contribution in [2.75, 3.05) is 38.3 Å². The van der Waals surface area contributed by atoms with E-state index in [1.165, 1.54) is 17.6 Å². The summed E-state index contributed by atoms with van der Waals surface area (Å²) < 4.78 is 30.7. The van der Waals surface area contributed by atoms with Gasteiger partial charge in [0.15, 0.2) is 12.9 Å². The number of carbonyl (C=O) groups excluding carboxylic acids is 2. The molecule has 0 saturated heterocycles. The molecule has 1 amide bonds. The standard InChI is InChI=1S/C29H28N4O5S.CH5N/c1-19-23(6-3-7-26(19)31-28(35)18-38-22-5-4-12-30-16-22)24-9-8-21(17-34)29-25(24)15-27(32-29)20-10-13-33(14-11-20)39(2,36)37;1-2/h3-10,12,15-17,32H,11,13-14,18H2,1-2H3,(H,31,35);2H2,1H3. The van der Waals surface area contributed by atoms with Gasteiger partial charge in [0, 0.05) is 41.6 Å².